The Hall–Kier alpha value is -3.41. The van der Waals surface area contributed by atoms with Gasteiger partial charge >= 0.3 is 0 Å². The van der Waals surface area contributed by atoms with Crippen LogP contribution in [-0.4, -0.2) is 24.5 Å². The first kappa shape index (κ1) is 29.7. The third-order valence-corrected chi connectivity index (χ3v) is 15.4. The van der Waals surface area contributed by atoms with E-state index in [0.29, 0.717) is 28.8 Å². The van der Waals surface area contributed by atoms with Gasteiger partial charge in [-0.3, -0.25) is 4.79 Å². The Kier molecular flexibility index (Phi) is 6.83. The number of thiophene rings is 4. The van der Waals surface area contributed by atoms with E-state index >= 15 is 0 Å². The van der Waals surface area contributed by atoms with E-state index in [1.807, 2.05) is 69.6 Å². The van der Waals surface area contributed by atoms with Gasteiger partial charge in [-0.2, -0.15) is 8.75 Å². The zero-order chi connectivity index (χ0) is 32.3. The lowest BCUT2D eigenvalue weighted by molar-refractivity contribution is 0.103. The zero-order valence-corrected chi connectivity index (χ0v) is 30.9. The van der Waals surface area contributed by atoms with Crippen LogP contribution in [0.2, 0.25) is 0 Å². The summed E-state index contributed by atoms with van der Waals surface area (Å²) in [6.45, 7) is 13.6. The zero-order valence-electron chi connectivity index (χ0n) is 26.8. The van der Waals surface area contributed by atoms with Gasteiger partial charge in [0.05, 0.1) is 11.7 Å². The maximum absolute atomic E-state index is 13.8. The third-order valence-electron chi connectivity index (χ3n) is 9.20. The Morgan fingerprint density at radius 1 is 0.638 bits per heavy atom. The molecule has 47 heavy (non-hydrogen) atoms. The van der Waals surface area contributed by atoms with Gasteiger partial charge in [0.25, 0.3) is 0 Å². The molecule has 0 amide bonds. The molecule has 1 aliphatic rings. The molecule has 2 aromatic carbocycles. The third kappa shape index (κ3) is 4.18. The molecule has 6 heterocycles. The van der Waals surface area contributed by atoms with Gasteiger partial charge in [-0.15, -0.1) is 45.3 Å². The van der Waals surface area contributed by atoms with Crippen LogP contribution in [0.25, 0.3) is 73.0 Å². The number of carbonyl (C=O) groups excluding carboxylic acids is 1. The predicted molar refractivity (Wildman–Crippen MR) is 204 cm³/mol. The van der Waals surface area contributed by atoms with Crippen LogP contribution in [0.1, 0.15) is 90.3 Å². The van der Waals surface area contributed by atoms with E-state index in [-0.39, 0.29) is 5.78 Å². The highest BCUT2D eigenvalue weighted by molar-refractivity contribution is 7.30. The first-order valence-electron chi connectivity index (χ1n) is 16.0. The predicted octanol–water partition coefficient (Wildman–Crippen LogP) is 12.1. The average molecular weight is 707 g/mol. The maximum Gasteiger partial charge on any atom is 0.214 e. The highest BCUT2D eigenvalue weighted by Crippen LogP contribution is 2.52. The Labute approximate surface area is 292 Å². The van der Waals surface area contributed by atoms with Crippen molar-refractivity contribution in [3.8, 4) is 32.1 Å². The minimum absolute atomic E-state index is 0.0681. The summed E-state index contributed by atoms with van der Waals surface area (Å²) in [6.07, 6.45) is 2.00. The highest BCUT2D eigenvalue weighted by atomic mass is 32.1. The molecule has 0 atom stereocenters. The molecular weight excluding hydrogens is 677 g/mol. The van der Waals surface area contributed by atoms with Gasteiger partial charge in [-0.05, 0) is 47.9 Å². The van der Waals surface area contributed by atoms with Crippen LogP contribution < -0.4 is 0 Å². The van der Waals surface area contributed by atoms with Crippen molar-refractivity contribution in [3.05, 3.63) is 68.5 Å². The van der Waals surface area contributed by atoms with E-state index in [1.165, 1.54) is 51.4 Å². The van der Waals surface area contributed by atoms with Crippen LogP contribution in [-0.2, 0) is 12.8 Å². The molecule has 1 aliphatic carbocycles. The van der Waals surface area contributed by atoms with Crippen molar-refractivity contribution in [2.75, 3.05) is 0 Å². The van der Waals surface area contributed by atoms with E-state index in [2.05, 4.69) is 53.7 Å². The fourth-order valence-electron chi connectivity index (χ4n) is 7.11. The summed E-state index contributed by atoms with van der Waals surface area (Å²) in [5, 5.41) is 0. The summed E-state index contributed by atoms with van der Waals surface area (Å²) in [4.78, 5) is 29.5. The van der Waals surface area contributed by atoms with E-state index in [4.69, 9.17) is 18.7 Å². The molecular formula is C37H30N4OS5. The minimum Gasteiger partial charge on any atom is -0.287 e. The van der Waals surface area contributed by atoms with Crippen molar-refractivity contribution < 1.29 is 4.79 Å². The minimum atomic E-state index is -0.0681. The Morgan fingerprint density at radius 2 is 1.13 bits per heavy atom. The lowest BCUT2D eigenvalue weighted by Gasteiger charge is -2.12. The van der Waals surface area contributed by atoms with Crippen LogP contribution in [0, 0.1) is 0 Å². The molecule has 0 saturated carbocycles. The number of aryl methyl sites for hydroxylation is 2. The smallest absolute Gasteiger partial charge is 0.214 e. The van der Waals surface area contributed by atoms with Crippen LogP contribution in [0.3, 0.4) is 0 Å². The quantitative estimate of drug-likeness (QED) is 0.172. The molecule has 0 fully saturated rings. The lowest BCUT2D eigenvalue weighted by atomic mass is 10.0. The fourth-order valence-corrected chi connectivity index (χ4v) is 13.4. The second kappa shape index (κ2) is 10.8. The molecule has 10 heteroatoms. The highest BCUT2D eigenvalue weighted by Gasteiger charge is 2.33. The van der Waals surface area contributed by atoms with Gasteiger partial charge in [0.15, 0.2) is 0 Å². The summed E-state index contributed by atoms with van der Waals surface area (Å²) in [7, 11) is 0. The summed E-state index contributed by atoms with van der Waals surface area (Å²) >= 11 is 8.67. The Balaban J connectivity index is 1.38. The SMILES string of the molecule is CCc1c(C(C)C)sc2cc(-c3c4nsnc4c(-c4cc5sc(C(C)C)c(CC)c5s4)c4nc5c(nc34)C(=O)c3ccccc3-5)sc12. The first-order chi connectivity index (χ1) is 22.8. The molecule has 9 rings (SSSR count). The standard InChI is InChI=1S/C37H30N4OS5/c1-7-17-34(15(3)4)45-23-13-21(43-36(17)23)25-28-29(39-32-27(38-28)19-11-9-10-12-20(19)33(32)42)26(31-30(25)40-47-41-31)22-14-24-37(44-22)18(8-2)35(46-24)16(5)6/h9-16H,7-8H2,1-6H3. The van der Waals surface area contributed by atoms with Gasteiger partial charge in [0.1, 0.15) is 33.5 Å². The van der Waals surface area contributed by atoms with Crippen LogP contribution >= 0.6 is 57.1 Å². The van der Waals surface area contributed by atoms with Gasteiger partial charge in [0.2, 0.25) is 5.78 Å². The molecule has 0 saturated heterocycles. The van der Waals surface area contributed by atoms with Crippen molar-refractivity contribution in [3.63, 3.8) is 0 Å². The van der Waals surface area contributed by atoms with Crippen molar-refractivity contribution in [2.45, 2.75) is 66.2 Å². The molecule has 0 bridgehead atoms. The van der Waals surface area contributed by atoms with Crippen molar-refractivity contribution >= 4 is 104 Å². The van der Waals surface area contributed by atoms with Crippen LogP contribution in [0.5, 0.6) is 0 Å². The Bertz CT molecular complexity index is 2590. The monoisotopic (exact) mass is 706 g/mol. The van der Waals surface area contributed by atoms with E-state index in [0.717, 1.165) is 61.4 Å². The summed E-state index contributed by atoms with van der Waals surface area (Å²) in [5.74, 6) is 0.907. The van der Waals surface area contributed by atoms with Gasteiger partial charge in [-0.25, -0.2) is 9.97 Å². The number of rotatable bonds is 6. The molecule has 0 unspecified atom stereocenters. The first-order valence-corrected chi connectivity index (χ1v) is 20.0. The second-order valence-corrected chi connectivity index (χ2v) is 17.5. The average Bonchev–Trinajstić information content (AvgIpc) is 3.90. The number of benzene rings is 2. The number of ketones is 1. The molecule has 234 valence electrons. The van der Waals surface area contributed by atoms with Gasteiger partial charge in [0, 0.05) is 60.6 Å². The molecule has 8 aromatic rings. The fraction of sp³-hybridized carbons (Fsp3) is 0.270. The summed E-state index contributed by atoms with van der Waals surface area (Å²) < 4.78 is 15.2. The summed E-state index contributed by atoms with van der Waals surface area (Å²) in [6, 6.07) is 12.4. The van der Waals surface area contributed by atoms with Gasteiger partial charge < -0.3 is 0 Å². The summed E-state index contributed by atoms with van der Waals surface area (Å²) in [5.41, 5.74) is 10.6. The van der Waals surface area contributed by atoms with Crippen LogP contribution in [0.15, 0.2) is 36.4 Å². The number of hydrogen-bond donors (Lipinski definition) is 0. The van der Waals surface area contributed by atoms with Crippen molar-refractivity contribution in [2.24, 2.45) is 0 Å². The molecule has 5 nitrogen and oxygen atoms in total. The van der Waals surface area contributed by atoms with Gasteiger partial charge in [-0.1, -0.05) is 65.8 Å². The van der Waals surface area contributed by atoms with E-state index in [1.54, 1.807) is 0 Å². The Morgan fingerprint density at radius 3 is 1.62 bits per heavy atom. The van der Waals surface area contributed by atoms with E-state index in [9.17, 15) is 4.79 Å². The van der Waals surface area contributed by atoms with Crippen molar-refractivity contribution in [1.82, 2.24) is 18.7 Å². The second-order valence-electron chi connectivity index (χ2n) is 12.7. The van der Waals surface area contributed by atoms with E-state index < -0.39 is 0 Å². The number of fused-ring (bicyclic) bond motifs is 7. The number of carbonyl (C=O) groups is 1. The number of hydrogen-bond acceptors (Lipinski definition) is 10. The number of nitrogens with zero attached hydrogens (tertiary/aromatic N) is 4. The molecule has 6 aromatic heterocycles. The normalized spacial score (nSPS) is 13.1. The largest absolute Gasteiger partial charge is 0.287 e. The number of aromatic nitrogens is 4. The van der Waals surface area contributed by atoms with Crippen molar-refractivity contribution in [1.29, 1.82) is 0 Å². The molecule has 0 spiro atoms. The lowest BCUT2D eigenvalue weighted by Crippen LogP contribution is -2.02. The topological polar surface area (TPSA) is 68.6 Å². The molecule has 0 radical (unpaired) electrons. The molecule has 0 aliphatic heterocycles. The maximum atomic E-state index is 13.8. The molecule has 0 N–H and O–H groups in total. The van der Waals surface area contributed by atoms with Crippen LogP contribution in [0.4, 0.5) is 0 Å².